The Kier molecular flexibility index (Phi) is 10.5. The zero-order chi connectivity index (χ0) is 59.7. The van der Waals surface area contributed by atoms with Gasteiger partial charge in [-0.05, 0) is 144 Å². The second-order valence-electron chi connectivity index (χ2n) is 25.6. The fraction of sp³-hybridized carbons (Fsp3) is 0.0714. The SMILES string of the molecule is CC1(C)c2ccccc2N2c3ccc(-n4c5ccccc5c5ccccc54)cc3C(C)(C)c3cccc1c32.c1ccc2c(c1)oc1ccc(-n3c4ccc(-n5c6ccccc6c6ccccc65)cc4c4cc(-n5c6ccccc6c6ccccc65)ccc43)cc12. The maximum atomic E-state index is 6.24. The Balaban J connectivity index is 0.000000136. The first-order valence-electron chi connectivity index (χ1n) is 31.3. The predicted molar refractivity (Wildman–Crippen MR) is 376 cm³/mol. The first kappa shape index (κ1) is 50.8. The lowest BCUT2D eigenvalue weighted by molar-refractivity contribution is 0.597. The van der Waals surface area contributed by atoms with Crippen LogP contribution in [0.3, 0.4) is 0 Å². The third kappa shape index (κ3) is 6.98. The largest absolute Gasteiger partial charge is 0.456 e. The summed E-state index contributed by atoms with van der Waals surface area (Å²) in [6, 6.07) is 104. The van der Waals surface area contributed by atoms with Gasteiger partial charge in [0.25, 0.3) is 0 Å². The molecule has 0 radical (unpaired) electrons. The van der Waals surface area contributed by atoms with E-state index >= 15 is 0 Å². The quantitative estimate of drug-likeness (QED) is 0.176. The molecule has 13 aromatic carbocycles. The molecule has 0 saturated carbocycles. The van der Waals surface area contributed by atoms with Crippen LogP contribution in [-0.4, -0.2) is 18.3 Å². The molecule has 426 valence electrons. The minimum atomic E-state index is -0.145. The predicted octanol–water partition coefficient (Wildman–Crippen LogP) is 22.4. The Morgan fingerprint density at radius 1 is 0.233 bits per heavy atom. The molecule has 0 aliphatic carbocycles. The molecule has 6 heteroatoms. The number of para-hydroxylation sites is 9. The number of furan rings is 1. The van der Waals surface area contributed by atoms with Crippen LogP contribution >= 0.6 is 0 Å². The zero-order valence-electron chi connectivity index (χ0n) is 50.3. The minimum Gasteiger partial charge on any atom is -0.456 e. The molecular formula is C84H59N5O. The number of hydrogen-bond acceptors (Lipinski definition) is 2. The van der Waals surface area contributed by atoms with Gasteiger partial charge in [0.1, 0.15) is 11.2 Å². The summed E-state index contributed by atoms with van der Waals surface area (Å²) in [6.07, 6.45) is 0. The summed E-state index contributed by atoms with van der Waals surface area (Å²) in [5.74, 6) is 0. The van der Waals surface area contributed by atoms with E-state index in [0.29, 0.717) is 0 Å². The van der Waals surface area contributed by atoms with Gasteiger partial charge in [0.15, 0.2) is 0 Å². The molecule has 0 unspecified atom stereocenters. The lowest BCUT2D eigenvalue weighted by Crippen LogP contribution is -2.38. The molecule has 18 aromatic rings. The monoisotopic (exact) mass is 1150 g/mol. The van der Waals surface area contributed by atoms with Crippen molar-refractivity contribution in [3.8, 4) is 22.7 Å². The second-order valence-corrected chi connectivity index (χ2v) is 25.6. The molecule has 5 aromatic heterocycles. The van der Waals surface area contributed by atoms with Crippen molar-refractivity contribution in [1.82, 2.24) is 18.3 Å². The van der Waals surface area contributed by atoms with E-state index in [1.165, 1.54) is 121 Å². The van der Waals surface area contributed by atoms with Crippen molar-refractivity contribution < 1.29 is 4.42 Å². The Labute approximate surface area is 519 Å². The normalized spacial score (nSPS) is 13.9. The maximum absolute atomic E-state index is 6.24. The van der Waals surface area contributed by atoms with E-state index in [-0.39, 0.29) is 10.8 Å². The van der Waals surface area contributed by atoms with Crippen LogP contribution < -0.4 is 4.90 Å². The van der Waals surface area contributed by atoms with Crippen LogP contribution in [0.2, 0.25) is 0 Å². The number of rotatable bonds is 4. The van der Waals surface area contributed by atoms with Crippen LogP contribution in [0, 0.1) is 0 Å². The van der Waals surface area contributed by atoms with Gasteiger partial charge >= 0.3 is 0 Å². The third-order valence-electron chi connectivity index (χ3n) is 20.2. The van der Waals surface area contributed by atoms with Crippen molar-refractivity contribution >= 4 is 126 Å². The molecule has 0 fully saturated rings. The topological polar surface area (TPSA) is 36.1 Å². The molecule has 0 spiro atoms. The summed E-state index contributed by atoms with van der Waals surface area (Å²) in [6.45, 7) is 9.52. The summed E-state index contributed by atoms with van der Waals surface area (Å²) in [7, 11) is 0. The molecule has 0 atom stereocenters. The van der Waals surface area contributed by atoms with Gasteiger partial charge in [-0.3, -0.25) is 0 Å². The first-order chi connectivity index (χ1) is 44.2. The Bertz CT molecular complexity index is 5740. The third-order valence-corrected chi connectivity index (χ3v) is 20.2. The number of fused-ring (bicyclic) bond motifs is 19. The van der Waals surface area contributed by atoms with E-state index in [1.54, 1.807) is 0 Å². The molecule has 0 N–H and O–H groups in total. The van der Waals surface area contributed by atoms with Crippen molar-refractivity contribution in [1.29, 1.82) is 0 Å². The Morgan fingerprint density at radius 2 is 0.556 bits per heavy atom. The first-order valence-corrected chi connectivity index (χ1v) is 31.3. The van der Waals surface area contributed by atoms with Crippen molar-refractivity contribution in [3.63, 3.8) is 0 Å². The van der Waals surface area contributed by atoms with Gasteiger partial charge in [-0.15, -0.1) is 0 Å². The molecule has 2 aliphatic rings. The molecule has 2 aliphatic heterocycles. The van der Waals surface area contributed by atoms with Gasteiger partial charge < -0.3 is 27.6 Å². The van der Waals surface area contributed by atoms with Gasteiger partial charge in [-0.1, -0.05) is 191 Å². The van der Waals surface area contributed by atoms with Crippen molar-refractivity contribution in [2.75, 3.05) is 4.90 Å². The number of hydrogen-bond donors (Lipinski definition) is 0. The standard InChI is InChI=1S/C48H29N3O.C36H30N2/c1-6-16-41-33(11-1)34-12-2-7-17-42(34)49(41)30-21-24-45-38(27-30)39-28-31(50-43-18-8-3-13-35(43)36-14-4-9-19-44(36)50)22-25-46(39)51(45)32-23-26-48-40(29-32)37-15-5-10-20-47(37)52-48;1-35(2)26-14-7-10-19-32(26)38-33-21-20-23(22-29(33)36(3,4)28-16-11-15-27(35)34(28)38)37-30-17-8-5-12-24(30)25-13-6-9-18-31(25)37/h1-29H;5-22H,1-4H3. The molecular weight excluding hydrogens is 1090 g/mol. The van der Waals surface area contributed by atoms with E-state index in [9.17, 15) is 0 Å². The lowest BCUT2D eigenvalue weighted by atomic mass is 9.66. The fourth-order valence-electron chi connectivity index (χ4n) is 16.0. The van der Waals surface area contributed by atoms with Crippen LogP contribution in [0.4, 0.5) is 17.1 Å². The number of anilines is 3. The van der Waals surface area contributed by atoms with E-state index in [0.717, 1.165) is 50.0 Å². The van der Waals surface area contributed by atoms with Crippen molar-refractivity contribution in [2.24, 2.45) is 0 Å². The Hall–Kier alpha value is -11.3. The zero-order valence-corrected chi connectivity index (χ0v) is 50.3. The van der Waals surface area contributed by atoms with E-state index < -0.39 is 0 Å². The molecule has 20 rings (SSSR count). The van der Waals surface area contributed by atoms with Gasteiger partial charge in [0, 0.05) is 87.4 Å². The summed E-state index contributed by atoms with van der Waals surface area (Å²) in [5, 5.41) is 12.3. The molecule has 6 nitrogen and oxygen atoms in total. The highest BCUT2D eigenvalue weighted by Gasteiger charge is 2.45. The second kappa shape index (κ2) is 18.6. The van der Waals surface area contributed by atoms with Crippen LogP contribution in [0.15, 0.2) is 290 Å². The van der Waals surface area contributed by atoms with Crippen LogP contribution in [0.5, 0.6) is 0 Å². The number of benzene rings is 13. The Morgan fingerprint density at radius 3 is 1.03 bits per heavy atom. The summed E-state index contributed by atoms with van der Waals surface area (Å²) in [4.78, 5) is 2.53. The molecule has 0 amide bonds. The van der Waals surface area contributed by atoms with E-state index in [2.05, 4.69) is 324 Å². The molecule has 0 bridgehead atoms. The van der Waals surface area contributed by atoms with Gasteiger partial charge in [0.05, 0.1) is 61.2 Å². The highest BCUT2D eigenvalue weighted by atomic mass is 16.3. The average molecular weight is 1150 g/mol. The van der Waals surface area contributed by atoms with Crippen molar-refractivity contribution in [3.05, 3.63) is 307 Å². The highest BCUT2D eigenvalue weighted by molar-refractivity contribution is 6.15. The number of nitrogens with zero attached hydrogens (tertiary/aromatic N) is 5. The lowest BCUT2D eigenvalue weighted by Gasteiger charge is -2.49. The molecule has 0 saturated heterocycles. The smallest absolute Gasteiger partial charge is 0.135 e. The summed E-state index contributed by atoms with van der Waals surface area (Å²) >= 11 is 0. The number of aromatic nitrogens is 4. The van der Waals surface area contributed by atoms with E-state index in [4.69, 9.17) is 4.42 Å². The summed E-state index contributed by atoms with van der Waals surface area (Å²) in [5.41, 5.74) is 25.3. The maximum Gasteiger partial charge on any atom is 0.135 e. The van der Waals surface area contributed by atoms with Crippen molar-refractivity contribution in [2.45, 2.75) is 38.5 Å². The van der Waals surface area contributed by atoms with Crippen LogP contribution in [0.25, 0.3) is 132 Å². The summed E-state index contributed by atoms with van der Waals surface area (Å²) < 4.78 is 15.9. The van der Waals surface area contributed by atoms with Gasteiger partial charge in [-0.25, -0.2) is 0 Å². The average Bonchev–Trinajstić information content (AvgIpc) is 1.28. The van der Waals surface area contributed by atoms with Crippen LogP contribution in [0.1, 0.15) is 49.9 Å². The minimum absolute atomic E-state index is 0.0606. The van der Waals surface area contributed by atoms with E-state index in [1.807, 2.05) is 12.1 Å². The molecule has 7 heterocycles. The molecule has 90 heavy (non-hydrogen) atoms. The van der Waals surface area contributed by atoms with Crippen LogP contribution in [-0.2, 0) is 10.8 Å². The highest BCUT2D eigenvalue weighted by Crippen LogP contribution is 2.60. The van der Waals surface area contributed by atoms with Gasteiger partial charge in [-0.2, -0.15) is 0 Å². The fourth-order valence-corrected chi connectivity index (χ4v) is 16.0. The van der Waals surface area contributed by atoms with Gasteiger partial charge in [0.2, 0.25) is 0 Å².